The van der Waals surface area contributed by atoms with Crippen molar-refractivity contribution in [3.8, 4) is 67.7 Å². The molecule has 252 valence electrons. The standard InChI is InChI=1S/C50H32N4/c1-4-14-35(15-5-1)46-32-44(43-22-12-20-34-13-10-11-21-41(34)43)47-42-29-27-39(31-40(42)28-30-45(47)51-46)33-23-25-38(26-24-33)50-53-48(36-16-6-2-7-17-36)52-49(54-50)37-18-8-3-9-19-37/h1-32H. The minimum Gasteiger partial charge on any atom is -0.248 e. The van der Waals surface area contributed by atoms with E-state index in [-0.39, 0.29) is 0 Å². The highest BCUT2D eigenvalue weighted by atomic mass is 15.0. The molecule has 10 aromatic rings. The number of hydrogen-bond donors (Lipinski definition) is 0. The van der Waals surface area contributed by atoms with Gasteiger partial charge < -0.3 is 0 Å². The molecule has 8 aromatic carbocycles. The Bertz CT molecular complexity index is 2900. The van der Waals surface area contributed by atoms with Gasteiger partial charge in [-0.15, -0.1) is 0 Å². The topological polar surface area (TPSA) is 51.6 Å². The van der Waals surface area contributed by atoms with Crippen molar-refractivity contribution >= 4 is 32.4 Å². The molecule has 0 aliphatic heterocycles. The summed E-state index contributed by atoms with van der Waals surface area (Å²) in [5, 5.41) is 5.94. The van der Waals surface area contributed by atoms with E-state index in [9.17, 15) is 0 Å². The van der Waals surface area contributed by atoms with Crippen LogP contribution in [0.15, 0.2) is 194 Å². The van der Waals surface area contributed by atoms with E-state index in [1.54, 1.807) is 0 Å². The molecule has 0 amide bonds. The third-order valence-corrected chi connectivity index (χ3v) is 10.1. The molecule has 0 aliphatic rings. The molecule has 10 rings (SSSR count). The Morgan fingerprint density at radius 1 is 0.278 bits per heavy atom. The molecular formula is C50H32N4. The van der Waals surface area contributed by atoms with E-state index in [0.29, 0.717) is 17.5 Å². The quantitative estimate of drug-likeness (QED) is 0.163. The van der Waals surface area contributed by atoms with Gasteiger partial charge in [-0.25, -0.2) is 19.9 Å². The van der Waals surface area contributed by atoms with E-state index in [1.807, 2.05) is 66.7 Å². The summed E-state index contributed by atoms with van der Waals surface area (Å²) in [6.07, 6.45) is 0. The minimum atomic E-state index is 0.641. The molecule has 4 heteroatoms. The molecule has 54 heavy (non-hydrogen) atoms. The first-order chi connectivity index (χ1) is 26.7. The second kappa shape index (κ2) is 13.4. The lowest BCUT2D eigenvalue weighted by Crippen LogP contribution is -2.00. The summed E-state index contributed by atoms with van der Waals surface area (Å²) in [6.45, 7) is 0. The van der Waals surface area contributed by atoms with E-state index in [0.717, 1.165) is 55.4 Å². The smallest absolute Gasteiger partial charge is 0.164 e. The summed E-state index contributed by atoms with van der Waals surface area (Å²) in [5.74, 6) is 1.94. The van der Waals surface area contributed by atoms with Gasteiger partial charge in [0.25, 0.3) is 0 Å². The number of rotatable bonds is 6. The number of hydrogen-bond acceptors (Lipinski definition) is 4. The normalized spacial score (nSPS) is 11.3. The van der Waals surface area contributed by atoms with Crippen LogP contribution in [-0.4, -0.2) is 19.9 Å². The van der Waals surface area contributed by atoms with Gasteiger partial charge in [0.05, 0.1) is 11.2 Å². The number of benzene rings is 8. The molecule has 0 N–H and O–H groups in total. The highest BCUT2D eigenvalue weighted by Crippen LogP contribution is 2.40. The molecular weight excluding hydrogens is 657 g/mol. The van der Waals surface area contributed by atoms with Crippen LogP contribution in [0.2, 0.25) is 0 Å². The highest BCUT2D eigenvalue weighted by molar-refractivity contribution is 6.17. The van der Waals surface area contributed by atoms with Gasteiger partial charge in [0.15, 0.2) is 17.5 Å². The summed E-state index contributed by atoms with van der Waals surface area (Å²) < 4.78 is 0. The van der Waals surface area contributed by atoms with Gasteiger partial charge in [0.1, 0.15) is 0 Å². The Balaban J connectivity index is 1.08. The van der Waals surface area contributed by atoms with Crippen LogP contribution < -0.4 is 0 Å². The lowest BCUT2D eigenvalue weighted by atomic mass is 9.91. The lowest BCUT2D eigenvalue weighted by molar-refractivity contribution is 1.07. The Kier molecular flexibility index (Phi) is 7.77. The predicted octanol–water partition coefficient (Wildman–Crippen LogP) is 12.7. The zero-order valence-corrected chi connectivity index (χ0v) is 29.3. The largest absolute Gasteiger partial charge is 0.248 e. The van der Waals surface area contributed by atoms with E-state index in [2.05, 4.69) is 127 Å². The SMILES string of the molecule is c1ccc(-c2cc(-c3cccc4ccccc34)c3c(ccc4cc(-c5ccc(-c6nc(-c7ccccc7)nc(-c7ccccc7)n6)cc5)ccc43)n2)cc1. The molecule has 2 aromatic heterocycles. The van der Waals surface area contributed by atoms with Crippen molar-refractivity contribution in [3.05, 3.63) is 194 Å². The molecule has 0 unspecified atom stereocenters. The van der Waals surface area contributed by atoms with Crippen molar-refractivity contribution in [2.75, 3.05) is 0 Å². The van der Waals surface area contributed by atoms with Gasteiger partial charge in [0, 0.05) is 27.6 Å². The first kappa shape index (κ1) is 31.4. The van der Waals surface area contributed by atoms with Crippen molar-refractivity contribution in [2.45, 2.75) is 0 Å². The van der Waals surface area contributed by atoms with E-state index in [1.165, 1.54) is 27.3 Å². The maximum absolute atomic E-state index is 5.22. The molecule has 0 saturated heterocycles. The van der Waals surface area contributed by atoms with Crippen LogP contribution in [0.4, 0.5) is 0 Å². The Morgan fingerprint density at radius 2 is 0.815 bits per heavy atom. The number of pyridine rings is 1. The summed E-state index contributed by atoms with van der Waals surface area (Å²) in [7, 11) is 0. The second-order valence-electron chi connectivity index (χ2n) is 13.5. The summed E-state index contributed by atoms with van der Waals surface area (Å²) in [6, 6.07) is 67.7. The fourth-order valence-electron chi connectivity index (χ4n) is 7.42. The monoisotopic (exact) mass is 688 g/mol. The predicted molar refractivity (Wildman–Crippen MR) is 223 cm³/mol. The first-order valence-corrected chi connectivity index (χ1v) is 18.1. The van der Waals surface area contributed by atoms with E-state index >= 15 is 0 Å². The molecule has 0 bridgehead atoms. The van der Waals surface area contributed by atoms with Gasteiger partial charge in [-0.05, 0) is 62.0 Å². The summed E-state index contributed by atoms with van der Waals surface area (Å²) in [4.78, 5) is 19.9. The molecule has 4 nitrogen and oxygen atoms in total. The van der Waals surface area contributed by atoms with Crippen molar-refractivity contribution in [2.24, 2.45) is 0 Å². The van der Waals surface area contributed by atoms with Crippen LogP contribution in [0.5, 0.6) is 0 Å². The molecule has 0 radical (unpaired) electrons. The third kappa shape index (κ3) is 5.76. The van der Waals surface area contributed by atoms with Crippen molar-refractivity contribution < 1.29 is 0 Å². The van der Waals surface area contributed by atoms with Crippen LogP contribution in [-0.2, 0) is 0 Å². The van der Waals surface area contributed by atoms with Crippen LogP contribution in [0.25, 0.3) is 100 Å². The molecule has 0 fully saturated rings. The summed E-state index contributed by atoms with van der Waals surface area (Å²) >= 11 is 0. The maximum atomic E-state index is 5.22. The van der Waals surface area contributed by atoms with E-state index in [4.69, 9.17) is 19.9 Å². The van der Waals surface area contributed by atoms with Gasteiger partial charge in [0.2, 0.25) is 0 Å². The lowest BCUT2D eigenvalue weighted by Gasteiger charge is -2.15. The molecule has 0 aliphatic carbocycles. The van der Waals surface area contributed by atoms with Gasteiger partial charge in [-0.1, -0.05) is 176 Å². The molecule has 2 heterocycles. The highest BCUT2D eigenvalue weighted by Gasteiger charge is 2.16. The number of aromatic nitrogens is 4. The number of fused-ring (bicyclic) bond motifs is 4. The zero-order valence-electron chi connectivity index (χ0n) is 29.3. The summed E-state index contributed by atoms with van der Waals surface area (Å²) in [5.41, 5.74) is 10.5. The van der Waals surface area contributed by atoms with Crippen molar-refractivity contribution in [1.29, 1.82) is 0 Å². The van der Waals surface area contributed by atoms with Crippen LogP contribution in [0, 0.1) is 0 Å². The van der Waals surface area contributed by atoms with Crippen LogP contribution in [0.3, 0.4) is 0 Å². The van der Waals surface area contributed by atoms with Crippen LogP contribution in [0.1, 0.15) is 0 Å². The van der Waals surface area contributed by atoms with Gasteiger partial charge in [-0.3, -0.25) is 0 Å². The Hall–Kier alpha value is -7.30. The number of nitrogens with zero attached hydrogens (tertiary/aromatic N) is 4. The average Bonchev–Trinajstić information content (AvgIpc) is 3.26. The third-order valence-electron chi connectivity index (χ3n) is 10.1. The minimum absolute atomic E-state index is 0.641. The fraction of sp³-hybridized carbons (Fsp3) is 0. The fourth-order valence-corrected chi connectivity index (χ4v) is 7.42. The molecule has 0 saturated carbocycles. The van der Waals surface area contributed by atoms with Gasteiger partial charge >= 0.3 is 0 Å². The molecule has 0 spiro atoms. The zero-order chi connectivity index (χ0) is 35.8. The Morgan fingerprint density at radius 3 is 1.48 bits per heavy atom. The van der Waals surface area contributed by atoms with Gasteiger partial charge in [-0.2, -0.15) is 0 Å². The Labute approximate surface area is 313 Å². The average molecular weight is 689 g/mol. The first-order valence-electron chi connectivity index (χ1n) is 18.1. The van der Waals surface area contributed by atoms with Crippen molar-refractivity contribution in [1.82, 2.24) is 19.9 Å². The van der Waals surface area contributed by atoms with Crippen molar-refractivity contribution in [3.63, 3.8) is 0 Å². The maximum Gasteiger partial charge on any atom is 0.164 e. The van der Waals surface area contributed by atoms with E-state index < -0.39 is 0 Å². The van der Waals surface area contributed by atoms with Crippen LogP contribution >= 0.6 is 0 Å². The second-order valence-corrected chi connectivity index (χ2v) is 13.5. The molecule has 0 atom stereocenters.